The summed E-state index contributed by atoms with van der Waals surface area (Å²) in [6.07, 6.45) is 2.66. The van der Waals surface area contributed by atoms with E-state index in [0.29, 0.717) is 12.3 Å². The molecule has 0 aromatic carbocycles. The number of carbonyl (C=O) groups is 1. The van der Waals surface area contributed by atoms with Gasteiger partial charge in [-0.15, -0.1) is 0 Å². The van der Waals surface area contributed by atoms with Crippen LogP contribution < -0.4 is 5.73 Å². The maximum Gasteiger partial charge on any atom is 0.307 e. The molecule has 1 heterocycles. The maximum absolute atomic E-state index is 10.7. The van der Waals surface area contributed by atoms with Gasteiger partial charge in [0.05, 0.1) is 5.92 Å². The standard InChI is InChI=1S/C9H17NO3/c10-6-8(9(11)12)5-7-1-3-13-4-2-7/h7-8H,1-6,10H2,(H,11,12)/t8-/m0/s1. The summed E-state index contributed by atoms with van der Waals surface area (Å²) in [7, 11) is 0. The number of carboxylic acid groups (broad SMARTS) is 1. The van der Waals surface area contributed by atoms with Gasteiger partial charge in [0.15, 0.2) is 0 Å². The average Bonchev–Trinajstić information content (AvgIpc) is 2.15. The number of aliphatic carboxylic acids is 1. The van der Waals surface area contributed by atoms with Gasteiger partial charge in [-0.25, -0.2) is 0 Å². The molecule has 0 aromatic rings. The van der Waals surface area contributed by atoms with Gasteiger partial charge in [-0.3, -0.25) is 4.79 Å². The molecule has 4 heteroatoms. The minimum atomic E-state index is -0.769. The highest BCUT2D eigenvalue weighted by atomic mass is 16.5. The van der Waals surface area contributed by atoms with Crippen LogP contribution in [0.25, 0.3) is 0 Å². The first-order valence-electron chi connectivity index (χ1n) is 4.74. The predicted octanol–water partition coefficient (Wildman–Crippen LogP) is 0.463. The highest BCUT2D eigenvalue weighted by Gasteiger charge is 2.22. The Labute approximate surface area is 78.1 Å². The number of hydrogen-bond acceptors (Lipinski definition) is 3. The lowest BCUT2D eigenvalue weighted by Gasteiger charge is -2.24. The molecule has 3 N–H and O–H groups in total. The molecule has 0 spiro atoms. The molecule has 1 fully saturated rings. The molecule has 1 aliphatic heterocycles. The van der Waals surface area contributed by atoms with Gasteiger partial charge in [0.2, 0.25) is 0 Å². The molecule has 1 atom stereocenters. The first-order valence-corrected chi connectivity index (χ1v) is 4.74. The molecular formula is C9H17NO3. The number of hydrogen-bond donors (Lipinski definition) is 2. The van der Waals surface area contributed by atoms with E-state index in [4.69, 9.17) is 15.6 Å². The van der Waals surface area contributed by atoms with Gasteiger partial charge in [-0.05, 0) is 25.2 Å². The number of ether oxygens (including phenoxy) is 1. The van der Waals surface area contributed by atoms with Crippen LogP contribution >= 0.6 is 0 Å². The SMILES string of the molecule is NC[C@H](CC1CCOCC1)C(=O)O. The van der Waals surface area contributed by atoms with Crippen molar-refractivity contribution in [1.29, 1.82) is 0 Å². The van der Waals surface area contributed by atoms with E-state index in [9.17, 15) is 4.79 Å². The van der Waals surface area contributed by atoms with E-state index in [-0.39, 0.29) is 12.5 Å². The minimum absolute atomic E-state index is 0.243. The van der Waals surface area contributed by atoms with E-state index in [1.807, 2.05) is 0 Å². The van der Waals surface area contributed by atoms with Crippen molar-refractivity contribution in [3.05, 3.63) is 0 Å². The van der Waals surface area contributed by atoms with Gasteiger partial charge in [-0.2, -0.15) is 0 Å². The summed E-state index contributed by atoms with van der Waals surface area (Å²) in [5.74, 6) is -0.657. The number of rotatable bonds is 4. The van der Waals surface area contributed by atoms with E-state index in [1.54, 1.807) is 0 Å². The third kappa shape index (κ3) is 3.32. The summed E-state index contributed by atoms with van der Waals surface area (Å²) in [4.78, 5) is 10.7. The maximum atomic E-state index is 10.7. The van der Waals surface area contributed by atoms with Crippen molar-refractivity contribution < 1.29 is 14.6 Å². The molecule has 13 heavy (non-hydrogen) atoms. The van der Waals surface area contributed by atoms with Crippen molar-refractivity contribution >= 4 is 5.97 Å². The molecule has 1 rings (SSSR count). The predicted molar refractivity (Wildman–Crippen MR) is 48.3 cm³/mol. The fourth-order valence-corrected chi connectivity index (χ4v) is 1.68. The Bertz CT molecular complexity index is 166. The molecule has 0 unspecified atom stereocenters. The lowest BCUT2D eigenvalue weighted by atomic mass is 9.89. The Morgan fingerprint density at radius 1 is 1.54 bits per heavy atom. The fraction of sp³-hybridized carbons (Fsp3) is 0.889. The Hall–Kier alpha value is -0.610. The van der Waals surface area contributed by atoms with Crippen molar-refractivity contribution in [2.45, 2.75) is 19.3 Å². The van der Waals surface area contributed by atoms with E-state index < -0.39 is 5.97 Å². The van der Waals surface area contributed by atoms with E-state index in [0.717, 1.165) is 26.1 Å². The van der Waals surface area contributed by atoms with Gasteiger partial charge < -0.3 is 15.6 Å². The van der Waals surface area contributed by atoms with Crippen LogP contribution in [0.5, 0.6) is 0 Å². The lowest BCUT2D eigenvalue weighted by molar-refractivity contribution is -0.142. The molecule has 0 radical (unpaired) electrons. The minimum Gasteiger partial charge on any atom is -0.481 e. The van der Waals surface area contributed by atoms with Crippen molar-refractivity contribution in [3.8, 4) is 0 Å². The van der Waals surface area contributed by atoms with Crippen molar-refractivity contribution in [2.75, 3.05) is 19.8 Å². The summed E-state index contributed by atoms with van der Waals surface area (Å²) in [5.41, 5.74) is 5.38. The van der Waals surface area contributed by atoms with Gasteiger partial charge in [0.1, 0.15) is 0 Å². The van der Waals surface area contributed by atoms with Gasteiger partial charge >= 0.3 is 5.97 Å². The van der Waals surface area contributed by atoms with E-state index >= 15 is 0 Å². The third-order valence-electron chi connectivity index (χ3n) is 2.59. The van der Waals surface area contributed by atoms with Crippen molar-refractivity contribution in [2.24, 2.45) is 17.6 Å². The van der Waals surface area contributed by atoms with Crippen LogP contribution in [0.1, 0.15) is 19.3 Å². The van der Waals surface area contributed by atoms with Crippen molar-refractivity contribution in [3.63, 3.8) is 0 Å². The molecule has 4 nitrogen and oxygen atoms in total. The second-order valence-corrected chi connectivity index (χ2v) is 3.56. The lowest BCUT2D eigenvalue weighted by Crippen LogP contribution is -2.28. The zero-order chi connectivity index (χ0) is 9.68. The molecule has 0 amide bonds. The van der Waals surface area contributed by atoms with Gasteiger partial charge in [0.25, 0.3) is 0 Å². The molecule has 0 aliphatic carbocycles. The number of carboxylic acids is 1. The topological polar surface area (TPSA) is 72.5 Å². The summed E-state index contributed by atoms with van der Waals surface area (Å²) >= 11 is 0. The Kier molecular flexibility index (Phi) is 4.18. The highest BCUT2D eigenvalue weighted by molar-refractivity contribution is 5.70. The normalized spacial score (nSPS) is 21.3. The molecule has 0 aromatic heterocycles. The second-order valence-electron chi connectivity index (χ2n) is 3.56. The van der Waals surface area contributed by atoms with Crippen LogP contribution in [0.2, 0.25) is 0 Å². The molecule has 0 saturated carbocycles. The average molecular weight is 187 g/mol. The summed E-state index contributed by atoms with van der Waals surface area (Å²) in [6, 6.07) is 0. The summed E-state index contributed by atoms with van der Waals surface area (Å²) in [6.45, 7) is 1.77. The molecular weight excluding hydrogens is 170 g/mol. The first-order chi connectivity index (χ1) is 6.24. The van der Waals surface area contributed by atoms with Gasteiger partial charge in [0, 0.05) is 19.8 Å². The monoisotopic (exact) mass is 187 g/mol. The zero-order valence-corrected chi connectivity index (χ0v) is 7.74. The first kappa shape index (κ1) is 10.5. The van der Waals surface area contributed by atoms with Crippen LogP contribution in [0.3, 0.4) is 0 Å². The summed E-state index contributed by atoms with van der Waals surface area (Å²) < 4.78 is 5.20. The molecule has 0 bridgehead atoms. The van der Waals surface area contributed by atoms with Crippen molar-refractivity contribution in [1.82, 2.24) is 0 Å². The summed E-state index contributed by atoms with van der Waals surface area (Å²) in [5, 5.41) is 8.79. The third-order valence-corrected chi connectivity index (χ3v) is 2.59. The Morgan fingerprint density at radius 3 is 2.62 bits per heavy atom. The fourth-order valence-electron chi connectivity index (χ4n) is 1.68. The van der Waals surface area contributed by atoms with E-state index in [2.05, 4.69) is 0 Å². The van der Waals surface area contributed by atoms with E-state index in [1.165, 1.54) is 0 Å². The second kappa shape index (κ2) is 5.19. The highest BCUT2D eigenvalue weighted by Crippen LogP contribution is 2.22. The van der Waals surface area contributed by atoms with Crippen LogP contribution in [-0.2, 0) is 9.53 Å². The molecule has 1 saturated heterocycles. The Morgan fingerprint density at radius 2 is 2.15 bits per heavy atom. The molecule has 1 aliphatic rings. The van der Waals surface area contributed by atoms with Gasteiger partial charge in [-0.1, -0.05) is 0 Å². The molecule has 76 valence electrons. The zero-order valence-electron chi connectivity index (χ0n) is 7.74. The van der Waals surface area contributed by atoms with Crippen LogP contribution in [0, 0.1) is 11.8 Å². The van der Waals surface area contributed by atoms with Crippen LogP contribution in [0.15, 0.2) is 0 Å². The van der Waals surface area contributed by atoms with Crippen LogP contribution in [-0.4, -0.2) is 30.8 Å². The smallest absolute Gasteiger partial charge is 0.307 e. The van der Waals surface area contributed by atoms with Crippen LogP contribution in [0.4, 0.5) is 0 Å². The Balaban J connectivity index is 2.31. The quantitative estimate of drug-likeness (QED) is 0.670. The largest absolute Gasteiger partial charge is 0.481 e. The number of nitrogens with two attached hydrogens (primary N) is 1.